The Morgan fingerprint density at radius 3 is 2.48 bits per heavy atom. The maximum Gasteiger partial charge on any atom is 0.172 e. The highest BCUT2D eigenvalue weighted by Gasteiger charge is 2.35. The number of phenols is 1. The smallest absolute Gasteiger partial charge is 0.172 e. The number of aromatic nitrogens is 6. The van der Waals surface area contributed by atoms with Gasteiger partial charge in [0, 0.05) is 36.8 Å². The molecule has 2 N–H and O–H groups in total. The zero-order valence-corrected chi connectivity index (χ0v) is 16.5. The molecule has 2 aliphatic rings. The van der Waals surface area contributed by atoms with E-state index in [0.29, 0.717) is 40.9 Å². The van der Waals surface area contributed by atoms with Gasteiger partial charge in [-0.15, -0.1) is 25.2 Å². The fourth-order valence-corrected chi connectivity index (χ4v) is 4.44. The van der Waals surface area contributed by atoms with Gasteiger partial charge in [0.15, 0.2) is 11.6 Å². The Bertz CT molecular complexity index is 1010. The lowest BCUT2D eigenvalue weighted by atomic mass is 9.98. The standard InChI is InChI=1S/C20H24N8O/c1-12-22-26-28(25-12)15-5-6-17(19(29)11-15)18-7-8-20(24-23-18)27(2)16-9-13-3-4-14(10-16)21-13/h5-8,11,13-14,16,21,29H,3-4,9-10H2,1-2H3/t13-,14+,16+. The van der Waals surface area contributed by atoms with Gasteiger partial charge in [-0.3, -0.25) is 0 Å². The van der Waals surface area contributed by atoms with Crippen LogP contribution < -0.4 is 10.2 Å². The van der Waals surface area contributed by atoms with Crippen LogP contribution in [-0.4, -0.2) is 60.7 Å². The Morgan fingerprint density at radius 1 is 1.07 bits per heavy atom. The van der Waals surface area contributed by atoms with Crippen LogP contribution in [0.3, 0.4) is 0 Å². The maximum atomic E-state index is 10.5. The minimum Gasteiger partial charge on any atom is -0.507 e. The number of piperidine rings is 1. The third kappa shape index (κ3) is 3.42. The van der Waals surface area contributed by atoms with Crippen molar-refractivity contribution in [3.05, 3.63) is 36.2 Å². The quantitative estimate of drug-likeness (QED) is 0.693. The number of nitrogens with zero attached hydrogens (tertiary/aromatic N) is 7. The molecule has 0 saturated carbocycles. The SMILES string of the molecule is Cc1nnn(-c2ccc(-c3ccc(N(C)[C@H]4C[C@H]5CC[C@@H](C4)N5)nn3)c(O)c2)n1. The predicted molar refractivity (Wildman–Crippen MR) is 108 cm³/mol. The van der Waals surface area contributed by atoms with Crippen molar-refractivity contribution in [3.63, 3.8) is 0 Å². The summed E-state index contributed by atoms with van der Waals surface area (Å²) in [4.78, 5) is 3.62. The monoisotopic (exact) mass is 392 g/mol. The number of aryl methyl sites for hydroxylation is 1. The van der Waals surface area contributed by atoms with Crippen molar-refractivity contribution in [3.8, 4) is 22.7 Å². The number of anilines is 1. The van der Waals surface area contributed by atoms with E-state index in [4.69, 9.17) is 0 Å². The number of hydrogen-bond donors (Lipinski definition) is 2. The molecule has 0 aliphatic carbocycles. The van der Waals surface area contributed by atoms with Crippen LogP contribution in [0.4, 0.5) is 5.82 Å². The van der Waals surface area contributed by atoms with Crippen molar-refractivity contribution in [2.24, 2.45) is 0 Å². The van der Waals surface area contributed by atoms with E-state index in [1.54, 1.807) is 19.1 Å². The molecule has 0 amide bonds. The molecule has 2 saturated heterocycles. The first-order chi connectivity index (χ1) is 14.1. The molecule has 2 aliphatic heterocycles. The minimum absolute atomic E-state index is 0.0998. The molecule has 29 heavy (non-hydrogen) atoms. The molecular formula is C20H24N8O. The third-order valence-corrected chi connectivity index (χ3v) is 6.01. The largest absolute Gasteiger partial charge is 0.507 e. The van der Waals surface area contributed by atoms with Crippen molar-refractivity contribution in [1.29, 1.82) is 0 Å². The summed E-state index contributed by atoms with van der Waals surface area (Å²) >= 11 is 0. The van der Waals surface area contributed by atoms with Gasteiger partial charge in [-0.05, 0) is 62.1 Å². The molecule has 150 valence electrons. The highest BCUT2D eigenvalue weighted by molar-refractivity contribution is 5.68. The van der Waals surface area contributed by atoms with Crippen molar-refractivity contribution >= 4 is 5.82 Å². The van der Waals surface area contributed by atoms with Crippen LogP contribution in [0.1, 0.15) is 31.5 Å². The number of benzene rings is 1. The van der Waals surface area contributed by atoms with E-state index >= 15 is 0 Å². The molecule has 1 aromatic carbocycles. The summed E-state index contributed by atoms with van der Waals surface area (Å²) in [6.45, 7) is 1.76. The van der Waals surface area contributed by atoms with E-state index in [0.717, 1.165) is 18.7 Å². The Balaban J connectivity index is 1.34. The number of phenolic OH excluding ortho intramolecular Hbond substituents is 1. The van der Waals surface area contributed by atoms with E-state index in [-0.39, 0.29) is 5.75 Å². The molecule has 0 spiro atoms. The number of fused-ring (bicyclic) bond motifs is 2. The van der Waals surface area contributed by atoms with E-state index < -0.39 is 0 Å². The molecule has 5 rings (SSSR count). The molecule has 2 fully saturated rings. The summed E-state index contributed by atoms with van der Waals surface area (Å²) in [5.41, 5.74) is 1.88. The molecule has 0 radical (unpaired) electrons. The van der Waals surface area contributed by atoms with E-state index in [1.165, 1.54) is 17.6 Å². The van der Waals surface area contributed by atoms with Crippen molar-refractivity contribution in [1.82, 2.24) is 35.7 Å². The molecular weight excluding hydrogens is 368 g/mol. The van der Waals surface area contributed by atoms with Crippen LogP contribution in [0, 0.1) is 6.92 Å². The van der Waals surface area contributed by atoms with Crippen LogP contribution in [0.15, 0.2) is 30.3 Å². The minimum atomic E-state index is 0.0998. The first-order valence-electron chi connectivity index (χ1n) is 10.00. The van der Waals surface area contributed by atoms with Gasteiger partial charge in [0.05, 0.1) is 11.4 Å². The Hall–Kier alpha value is -3.07. The number of aromatic hydroxyl groups is 1. The maximum absolute atomic E-state index is 10.5. The second-order valence-corrected chi connectivity index (χ2v) is 7.98. The summed E-state index contributed by atoms with van der Waals surface area (Å²) in [5.74, 6) is 1.53. The number of rotatable bonds is 4. The Kier molecular flexibility index (Phi) is 4.39. The van der Waals surface area contributed by atoms with Crippen LogP contribution in [0.2, 0.25) is 0 Å². The predicted octanol–water partition coefficient (Wildman–Crippen LogP) is 1.85. The molecule has 9 heteroatoms. The average Bonchev–Trinajstić information content (AvgIpc) is 3.32. The lowest BCUT2D eigenvalue weighted by molar-refractivity contribution is 0.353. The second kappa shape index (κ2) is 7.07. The van der Waals surface area contributed by atoms with E-state index in [1.807, 2.05) is 18.2 Å². The highest BCUT2D eigenvalue weighted by Crippen LogP contribution is 2.32. The normalized spacial score (nSPS) is 23.3. The van der Waals surface area contributed by atoms with Gasteiger partial charge in [-0.1, -0.05) is 0 Å². The highest BCUT2D eigenvalue weighted by atomic mass is 16.3. The molecule has 0 unspecified atom stereocenters. The van der Waals surface area contributed by atoms with Gasteiger partial charge in [-0.2, -0.15) is 0 Å². The van der Waals surface area contributed by atoms with Crippen LogP contribution in [0.25, 0.3) is 16.9 Å². The van der Waals surface area contributed by atoms with Gasteiger partial charge in [0.2, 0.25) is 0 Å². The topological polar surface area (TPSA) is 105 Å². The number of tetrazole rings is 1. The van der Waals surface area contributed by atoms with E-state index in [2.05, 4.69) is 42.9 Å². The van der Waals surface area contributed by atoms with Gasteiger partial charge in [-0.25, -0.2) is 0 Å². The number of hydrogen-bond acceptors (Lipinski definition) is 8. The fraction of sp³-hybridized carbons (Fsp3) is 0.450. The fourth-order valence-electron chi connectivity index (χ4n) is 4.44. The molecule has 2 aromatic heterocycles. The molecule has 9 nitrogen and oxygen atoms in total. The molecule has 3 aromatic rings. The van der Waals surface area contributed by atoms with Gasteiger partial charge in [0.25, 0.3) is 0 Å². The zero-order valence-electron chi connectivity index (χ0n) is 16.5. The van der Waals surface area contributed by atoms with Crippen molar-refractivity contribution in [2.75, 3.05) is 11.9 Å². The average molecular weight is 392 g/mol. The van der Waals surface area contributed by atoms with Gasteiger partial charge >= 0.3 is 0 Å². The van der Waals surface area contributed by atoms with Gasteiger partial charge < -0.3 is 15.3 Å². The van der Waals surface area contributed by atoms with Crippen LogP contribution >= 0.6 is 0 Å². The first-order valence-corrected chi connectivity index (χ1v) is 10.00. The summed E-state index contributed by atoms with van der Waals surface area (Å²) in [6.07, 6.45) is 4.85. The zero-order chi connectivity index (χ0) is 20.0. The Labute approximate surface area is 168 Å². The van der Waals surface area contributed by atoms with Crippen molar-refractivity contribution < 1.29 is 5.11 Å². The summed E-state index contributed by atoms with van der Waals surface area (Å²) in [7, 11) is 2.10. The summed E-state index contributed by atoms with van der Waals surface area (Å²) < 4.78 is 0. The Morgan fingerprint density at radius 2 is 1.86 bits per heavy atom. The van der Waals surface area contributed by atoms with Crippen LogP contribution in [0.5, 0.6) is 5.75 Å². The summed E-state index contributed by atoms with van der Waals surface area (Å²) in [6, 6.07) is 10.8. The first kappa shape index (κ1) is 18.0. The van der Waals surface area contributed by atoms with E-state index in [9.17, 15) is 5.11 Å². The second-order valence-electron chi connectivity index (χ2n) is 7.98. The van der Waals surface area contributed by atoms with Crippen molar-refractivity contribution in [2.45, 2.75) is 50.7 Å². The number of nitrogens with one attached hydrogen (secondary N) is 1. The molecule has 3 atom stereocenters. The lowest BCUT2D eigenvalue weighted by Gasteiger charge is -2.36. The van der Waals surface area contributed by atoms with Crippen LogP contribution in [-0.2, 0) is 0 Å². The lowest BCUT2D eigenvalue weighted by Crippen LogP contribution is -2.47. The van der Waals surface area contributed by atoms with Gasteiger partial charge in [0.1, 0.15) is 5.75 Å². The summed E-state index contributed by atoms with van der Waals surface area (Å²) in [5, 5.41) is 34.9. The molecule has 4 heterocycles. The molecule has 2 bridgehead atoms. The third-order valence-electron chi connectivity index (χ3n) is 6.01.